The molecule has 3 N–H and O–H groups in total. The molecule has 0 unspecified atom stereocenters. The highest BCUT2D eigenvalue weighted by atomic mass is 16.6. The first-order chi connectivity index (χ1) is 3.66. The zero-order chi connectivity index (χ0) is 6.57. The highest BCUT2D eigenvalue weighted by molar-refractivity contribution is 5.77. The van der Waals surface area contributed by atoms with Gasteiger partial charge >= 0.3 is 12.2 Å². The summed E-state index contributed by atoms with van der Waals surface area (Å²) in [7, 11) is 0. The maximum Gasteiger partial charge on any atom is 0.603 e. The molecule has 0 aromatic heterocycles. The fraction of sp³-hybridized carbons (Fsp3) is 0. The van der Waals surface area contributed by atoms with E-state index in [0.29, 0.717) is 0 Å². The molecule has 0 bridgehead atoms. The van der Waals surface area contributed by atoms with Crippen LogP contribution in [0.25, 0.3) is 0 Å². The second kappa shape index (κ2) is 2.73. The Morgan fingerprint density at radius 1 is 1.62 bits per heavy atom. The average molecular weight is 117 g/mol. The van der Waals surface area contributed by atoms with E-state index in [1.165, 1.54) is 0 Å². The number of nitrogens with one attached hydrogen (secondary N) is 1. The van der Waals surface area contributed by atoms with Crippen LogP contribution in [-0.4, -0.2) is 18.9 Å². The van der Waals surface area contributed by atoms with Gasteiger partial charge in [0.25, 0.3) is 0 Å². The van der Waals surface area contributed by atoms with E-state index >= 15 is 0 Å². The minimum atomic E-state index is -1.15. The van der Waals surface area contributed by atoms with Crippen molar-refractivity contribution in [1.29, 1.82) is 0 Å². The van der Waals surface area contributed by atoms with E-state index in [4.69, 9.17) is 0 Å². The van der Waals surface area contributed by atoms with Crippen LogP contribution in [0.15, 0.2) is 0 Å². The van der Waals surface area contributed by atoms with Crippen molar-refractivity contribution in [2.75, 3.05) is 0 Å². The molecule has 0 radical (unpaired) electrons. The third kappa shape index (κ3) is 2.83. The molecule has 0 aliphatic heterocycles. The maximum absolute atomic E-state index is 9.93. The van der Waals surface area contributed by atoms with Crippen LogP contribution in [0.5, 0.6) is 0 Å². The van der Waals surface area contributed by atoms with E-state index < -0.39 is 12.2 Å². The van der Waals surface area contributed by atoms with Crippen molar-refractivity contribution in [3.05, 3.63) is 0 Å². The molecule has 44 valence electrons. The van der Waals surface area contributed by atoms with E-state index in [1.807, 2.05) is 0 Å². The number of ether oxygens (including phenoxy) is 1. The highest BCUT2D eigenvalue weighted by Crippen LogP contribution is 1.65. The first-order valence-corrected chi connectivity index (χ1v) is 1.71. The van der Waals surface area contributed by atoms with E-state index in [9.17, 15) is 9.59 Å². The SMILES string of the molecule is C=[NH+]C(=O)OC(N)=O. The minimum absolute atomic E-state index is 0.961. The lowest BCUT2D eigenvalue weighted by atomic mass is 11.1. The van der Waals surface area contributed by atoms with Crippen molar-refractivity contribution < 1.29 is 19.3 Å². The predicted molar refractivity (Wildman–Crippen MR) is 24.1 cm³/mol. The normalized spacial score (nSPS) is 7.50. The fourth-order valence-corrected chi connectivity index (χ4v) is 0.127. The molecule has 0 fully saturated rings. The molecule has 0 rings (SSSR count). The summed E-state index contributed by atoms with van der Waals surface area (Å²) in [6, 6.07) is 0. The smallest absolute Gasteiger partial charge is 0.334 e. The van der Waals surface area contributed by atoms with E-state index in [1.54, 1.807) is 4.99 Å². The summed E-state index contributed by atoms with van der Waals surface area (Å²) in [6.45, 7) is 2.91. The Kier molecular flexibility index (Phi) is 2.25. The number of amides is 2. The standard InChI is InChI=1S/C3H4N2O3/c1-5-3(7)8-2(4)6/h1H2,(H2,4,6)/p+1. The Bertz CT molecular complexity index is 130. The molecule has 0 saturated carbocycles. The number of carbonyl (C=O) groups is 2. The zero-order valence-corrected chi connectivity index (χ0v) is 4.01. The maximum atomic E-state index is 9.93. The Balaban J connectivity index is 3.55. The number of hydrogen-bond acceptors (Lipinski definition) is 3. The van der Waals surface area contributed by atoms with Crippen LogP contribution < -0.4 is 10.7 Å². The lowest BCUT2D eigenvalue weighted by Gasteiger charge is -1.82. The molecule has 0 aliphatic carbocycles. The van der Waals surface area contributed by atoms with Crippen molar-refractivity contribution in [3.8, 4) is 0 Å². The Morgan fingerprint density at radius 3 is 2.25 bits per heavy atom. The van der Waals surface area contributed by atoms with Gasteiger partial charge in [-0.25, -0.2) is 4.79 Å². The van der Waals surface area contributed by atoms with Crippen LogP contribution in [-0.2, 0) is 4.74 Å². The lowest BCUT2D eigenvalue weighted by Crippen LogP contribution is -2.71. The zero-order valence-electron chi connectivity index (χ0n) is 4.01. The van der Waals surface area contributed by atoms with Gasteiger partial charge in [-0.05, 0) is 0 Å². The predicted octanol–water partition coefficient (Wildman–Crippen LogP) is -2.02. The van der Waals surface area contributed by atoms with Crippen molar-refractivity contribution in [3.63, 3.8) is 0 Å². The molecule has 5 nitrogen and oxygen atoms in total. The molecule has 0 aliphatic rings. The molecular formula is C3H5N2O3+. The van der Waals surface area contributed by atoms with Crippen LogP contribution in [0, 0.1) is 0 Å². The molecule has 8 heavy (non-hydrogen) atoms. The Hall–Kier alpha value is -1.39. The van der Waals surface area contributed by atoms with Gasteiger partial charge in [0.1, 0.15) is 6.72 Å². The van der Waals surface area contributed by atoms with Crippen LogP contribution in [0.3, 0.4) is 0 Å². The summed E-state index contributed by atoms with van der Waals surface area (Å²) in [5.74, 6) is 0. The van der Waals surface area contributed by atoms with E-state index in [2.05, 4.69) is 17.2 Å². The van der Waals surface area contributed by atoms with Crippen LogP contribution in [0.4, 0.5) is 9.59 Å². The topological polar surface area (TPSA) is 83.4 Å². The van der Waals surface area contributed by atoms with Gasteiger partial charge in [0.05, 0.1) is 0 Å². The molecular weight excluding hydrogens is 112 g/mol. The number of rotatable bonds is 0. The van der Waals surface area contributed by atoms with Crippen molar-refractivity contribution in [2.24, 2.45) is 5.73 Å². The van der Waals surface area contributed by atoms with Gasteiger partial charge in [-0.15, -0.1) is 4.99 Å². The third-order valence-corrected chi connectivity index (χ3v) is 0.338. The van der Waals surface area contributed by atoms with Crippen molar-refractivity contribution in [2.45, 2.75) is 0 Å². The van der Waals surface area contributed by atoms with Gasteiger partial charge in [0.15, 0.2) is 0 Å². The highest BCUT2D eigenvalue weighted by Gasteiger charge is 2.06. The lowest BCUT2D eigenvalue weighted by molar-refractivity contribution is -0.352. The van der Waals surface area contributed by atoms with Crippen LogP contribution in [0.2, 0.25) is 0 Å². The Morgan fingerprint density at radius 2 is 2.12 bits per heavy atom. The molecule has 0 saturated heterocycles. The molecule has 0 heterocycles. The summed E-state index contributed by atoms with van der Waals surface area (Å²) in [5.41, 5.74) is 4.42. The summed E-state index contributed by atoms with van der Waals surface area (Å²) in [6.07, 6.45) is -2.11. The molecule has 0 aromatic carbocycles. The van der Waals surface area contributed by atoms with E-state index in [-0.39, 0.29) is 0 Å². The third-order valence-electron chi connectivity index (χ3n) is 0.338. The number of hydrogen-bond donors (Lipinski definition) is 2. The van der Waals surface area contributed by atoms with Gasteiger partial charge in [-0.2, -0.15) is 4.79 Å². The molecule has 0 atom stereocenters. The van der Waals surface area contributed by atoms with Crippen molar-refractivity contribution in [1.82, 2.24) is 0 Å². The Labute approximate surface area is 45.1 Å². The largest absolute Gasteiger partial charge is 0.603 e. The fourth-order valence-electron chi connectivity index (χ4n) is 0.127. The molecule has 2 amide bonds. The molecule has 0 spiro atoms. The second-order valence-electron chi connectivity index (χ2n) is 0.885. The summed E-state index contributed by atoms with van der Waals surface area (Å²) in [5, 5.41) is 0. The monoisotopic (exact) mass is 117 g/mol. The van der Waals surface area contributed by atoms with E-state index in [0.717, 1.165) is 0 Å². The summed E-state index contributed by atoms with van der Waals surface area (Å²) < 4.78 is 3.73. The quantitative estimate of drug-likeness (QED) is 0.284. The molecule has 0 aromatic rings. The molecule has 5 heteroatoms. The van der Waals surface area contributed by atoms with Crippen molar-refractivity contribution >= 4 is 18.9 Å². The number of primary amides is 1. The average Bonchev–Trinajstić information content (AvgIpc) is 1.65. The number of carbonyl (C=O) groups excluding carboxylic acids is 2. The second-order valence-corrected chi connectivity index (χ2v) is 0.885. The van der Waals surface area contributed by atoms with Gasteiger partial charge in [0.2, 0.25) is 0 Å². The van der Waals surface area contributed by atoms with Gasteiger partial charge in [-0.1, -0.05) is 0 Å². The van der Waals surface area contributed by atoms with Gasteiger partial charge in [0, 0.05) is 0 Å². The minimum Gasteiger partial charge on any atom is -0.334 e. The van der Waals surface area contributed by atoms with Gasteiger partial charge in [-0.3, -0.25) is 0 Å². The summed E-state index contributed by atoms with van der Waals surface area (Å²) in [4.78, 5) is 21.4. The number of nitrogens with two attached hydrogens (primary N) is 1. The first kappa shape index (κ1) is 6.61. The first-order valence-electron chi connectivity index (χ1n) is 1.71. The van der Waals surface area contributed by atoms with Crippen LogP contribution >= 0.6 is 0 Å². The summed E-state index contributed by atoms with van der Waals surface area (Å²) >= 11 is 0. The van der Waals surface area contributed by atoms with Gasteiger partial charge < -0.3 is 10.5 Å². The van der Waals surface area contributed by atoms with Crippen LogP contribution in [0.1, 0.15) is 0 Å².